The fourth-order valence-corrected chi connectivity index (χ4v) is 2.22. The largest absolute Gasteiger partial charge is 0.481 e. The lowest BCUT2D eigenvalue weighted by Crippen LogP contribution is -2.11. The highest BCUT2D eigenvalue weighted by molar-refractivity contribution is 9.10. The van der Waals surface area contributed by atoms with Crippen molar-refractivity contribution in [1.29, 1.82) is 0 Å². The molecule has 2 aromatic heterocycles. The van der Waals surface area contributed by atoms with Crippen molar-refractivity contribution < 1.29 is 4.74 Å². The monoisotopic (exact) mass is 310 g/mol. The van der Waals surface area contributed by atoms with Crippen molar-refractivity contribution in [2.24, 2.45) is 7.05 Å². The quantitative estimate of drug-likeness (QED) is 0.946. The van der Waals surface area contributed by atoms with Crippen molar-refractivity contribution >= 4 is 21.7 Å². The van der Waals surface area contributed by atoms with Gasteiger partial charge >= 0.3 is 0 Å². The summed E-state index contributed by atoms with van der Waals surface area (Å²) in [5.74, 6) is 0.947. The number of aryl methyl sites for hydroxylation is 2. The smallest absolute Gasteiger partial charge is 0.166 e. The Hall–Kier alpha value is -1.56. The second-order valence-electron chi connectivity index (χ2n) is 4.13. The molecule has 2 heterocycles. The van der Waals surface area contributed by atoms with Gasteiger partial charge < -0.3 is 10.5 Å². The van der Waals surface area contributed by atoms with Crippen molar-refractivity contribution in [2.45, 2.75) is 20.0 Å². The van der Waals surface area contributed by atoms with E-state index >= 15 is 0 Å². The zero-order chi connectivity index (χ0) is 13.3. The van der Waals surface area contributed by atoms with E-state index in [1.165, 1.54) is 0 Å². The number of nitrogen functional groups attached to an aromatic ring is 1. The van der Waals surface area contributed by atoms with E-state index in [1.807, 2.05) is 37.8 Å². The molecule has 2 N–H and O–H groups in total. The Kier molecular flexibility index (Phi) is 3.56. The highest BCUT2D eigenvalue weighted by atomic mass is 79.9. The van der Waals surface area contributed by atoms with Crippen LogP contribution in [0, 0.1) is 6.92 Å². The number of hydrogen-bond donors (Lipinski definition) is 1. The zero-order valence-electron chi connectivity index (χ0n) is 10.5. The average Bonchev–Trinajstić information content (AvgIpc) is 2.63. The summed E-state index contributed by atoms with van der Waals surface area (Å²) in [5, 5.41) is 4.20. The number of pyridine rings is 1. The van der Waals surface area contributed by atoms with Crippen LogP contribution in [0.2, 0.25) is 0 Å². The normalized spacial score (nSPS) is 12.4. The van der Waals surface area contributed by atoms with E-state index in [2.05, 4.69) is 26.0 Å². The summed E-state index contributed by atoms with van der Waals surface area (Å²) in [4.78, 5) is 4.04. The molecule has 0 radical (unpaired) electrons. The topological polar surface area (TPSA) is 66.0 Å². The van der Waals surface area contributed by atoms with Crippen LogP contribution in [0.4, 0.5) is 5.82 Å². The Morgan fingerprint density at radius 1 is 1.44 bits per heavy atom. The molecule has 1 atom stereocenters. The fraction of sp³-hybridized carbons (Fsp3) is 0.333. The van der Waals surface area contributed by atoms with Gasteiger partial charge in [0.15, 0.2) is 11.6 Å². The van der Waals surface area contributed by atoms with E-state index in [0.29, 0.717) is 11.6 Å². The molecule has 0 saturated heterocycles. The average molecular weight is 311 g/mol. The molecule has 0 aromatic carbocycles. The molecule has 0 bridgehead atoms. The molecule has 18 heavy (non-hydrogen) atoms. The van der Waals surface area contributed by atoms with Crippen molar-refractivity contribution in [2.75, 3.05) is 5.73 Å². The molecular formula is C12H15BrN4O. The van der Waals surface area contributed by atoms with Gasteiger partial charge in [0, 0.05) is 17.7 Å². The summed E-state index contributed by atoms with van der Waals surface area (Å²) in [5.41, 5.74) is 7.90. The van der Waals surface area contributed by atoms with Crippen LogP contribution >= 0.6 is 15.9 Å². The summed E-state index contributed by atoms with van der Waals surface area (Å²) in [6.45, 7) is 3.97. The maximum Gasteiger partial charge on any atom is 0.166 e. The van der Waals surface area contributed by atoms with Gasteiger partial charge in [-0.1, -0.05) is 0 Å². The van der Waals surface area contributed by atoms with E-state index < -0.39 is 0 Å². The van der Waals surface area contributed by atoms with Gasteiger partial charge in [0.25, 0.3) is 0 Å². The standard InChI is InChI=1S/C12H15BrN4O/c1-7-5-16-17(3)11(7)8(2)18-10-4-9(13)6-15-12(10)14/h4-6,8H,1-3H3,(H2,14,15). The first-order chi connectivity index (χ1) is 8.49. The van der Waals surface area contributed by atoms with Crippen LogP contribution in [0.1, 0.15) is 24.3 Å². The number of nitrogens with zero attached hydrogens (tertiary/aromatic N) is 3. The minimum Gasteiger partial charge on any atom is -0.481 e. The summed E-state index contributed by atoms with van der Waals surface area (Å²) in [6, 6.07) is 1.81. The van der Waals surface area contributed by atoms with Gasteiger partial charge in [-0.15, -0.1) is 0 Å². The molecule has 0 aliphatic heterocycles. The molecule has 6 heteroatoms. The Labute approximate surface area is 114 Å². The SMILES string of the molecule is Cc1cnn(C)c1C(C)Oc1cc(Br)cnc1N. The van der Waals surface area contributed by atoms with Crippen LogP contribution in [-0.4, -0.2) is 14.8 Å². The van der Waals surface area contributed by atoms with Gasteiger partial charge in [-0.2, -0.15) is 5.10 Å². The zero-order valence-corrected chi connectivity index (χ0v) is 12.1. The maximum absolute atomic E-state index is 5.85. The van der Waals surface area contributed by atoms with Gasteiger partial charge in [-0.3, -0.25) is 4.68 Å². The Morgan fingerprint density at radius 2 is 2.17 bits per heavy atom. The first-order valence-corrected chi connectivity index (χ1v) is 6.34. The van der Waals surface area contributed by atoms with Gasteiger partial charge in [0.1, 0.15) is 6.10 Å². The molecule has 1 unspecified atom stereocenters. The minimum absolute atomic E-state index is 0.143. The van der Waals surface area contributed by atoms with Crippen LogP contribution < -0.4 is 10.5 Å². The van der Waals surface area contributed by atoms with Crippen LogP contribution in [-0.2, 0) is 7.05 Å². The van der Waals surface area contributed by atoms with Gasteiger partial charge in [0.05, 0.1) is 11.9 Å². The lowest BCUT2D eigenvalue weighted by Gasteiger charge is -2.17. The number of nitrogens with two attached hydrogens (primary N) is 1. The molecule has 2 aromatic rings. The molecule has 5 nitrogen and oxygen atoms in total. The third-order valence-electron chi connectivity index (χ3n) is 2.71. The van der Waals surface area contributed by atoms with Crippen molar-refractivity contribution in [1.82, 2.24) is 14.8 Å². The third-order valence-corrected chi connectivity index (χ3v) is 3.15. The Balaban J connectivity index is 2.26. The Bertz CT molecular complexity index is 548. The van der Waals surface area contributed by atoms with E-state index in [0.717, 1.165) is 15.7 Å². The highest BCUT2D eigenvalue weighted by Gasteiger charge is 2.16. The molecule has 0 fully saturated rings. The number of hydrogen-bond acceptors (Lipinski definition) is 4. The van der Waals surface area contributed by atoms with E-state index in [9.17, 15) is 0 Å². The lowest BCUT2D eigenvalue weighted by atomic mass is 10.2. The van der Waals surface area contributed by atoms with Crippen molar-refractivity contribution in [3.05, 3.63) is 34.2 Å². The molecule has 0 aliphatic carbocycles. The molecule has 2 rings (SSSR count). The highest BCUT2D eigenvalue weighted by Crippen LogP contribution is 2.29. The second kappa shape index (κ2) is 4.97. The third kappa shape index (κ3) is 2.48. The molecule has 0 aliphatic rings. The van der Waals surface area contributed by atoms with Crippen molar-refractivity contribution in [3.8, 4) is 5.75 Å². The molecule has 0 amide bonds. The first-order valence-electron chi connectivity index (χ1n) is 5.55. The number of rotatable bonds is 3. The number of anilines is 1. The molecule has 0 spiro atoms. The molecule has 96 valence electrons. The van der Waals surface area contributed by atoms with E-state index in [4.69, 9.17) is 10.5 Å². The summed E-state index contributed by atoms with van der Waals surface area (Å²) >= 11 is 3.35. The van der Waals surface area contributed by atoms with E-state index in [-0.39, 0.29) is 6.10 Å². The van der Waals surface area contributed by atoms with Crippen LogP contribution in [0.25, 0.3) is 0 Å². The van der Waals surface area contributed by atoms with Gasteiger partial charge in [0.2, 0.25) is 0 Å². The first kappa shape index (κ1) is 12.9. The summed E-state index contributed by atoms with van der Waals surface area (Å²) in [6.07, 6.45) is 3.32. The lowest BCUT2D eigenvalue weighted by molar-refractivity contribution is 0.216. The minimum atomic E-state index is -0.143. The fourth-order valence-electron chi connectivity index (χ4n) is 1.91. The van der Waals surface area contributed by atoms with E-state index in [1.54, 1.807) is 6.20 Å². The number of ether oxygens (including phenoxy) is 1. The van der Waals surface area contributed by atoms with Crippen LogP contribution in [0.15, 0.2) is 22.9 Å². The molecular weight excluding hydrogens is 296 g/mol. The predicted octanol–water partition coefficient (Wildman–Crippen LogP) is 2.61. The summed E-state index contributed by atoms with van der Waals surface area (Å²) < 4.78 is 8.49. The van der Waals surface area contributed by atoms with Crippen LogP contribution in [0.5, 0.6) is 5.75 Å². The second-order valence-corrected chi connectivity index (χ2v) is 5.05. The predicted molar refractivity (Wildman–Crippen MR) is 73.3 cm³/mol. The summed E-state index contributed by atoms with van der Waals surface area (Å²) in [7, 11) is 1.89. The number of halogens is 1. The molecule has 0 saturated carbocycles. The van der Waals surface area contributed by atoms with Gasteiger partial charge in [-0.05, 0) is 41.4 Å². The Morgan fingerprint density at radius 3 is 2.78 bits per heavy atom. The maximum atomic E-state index is 5.85. The number of aromatic nitrogens is 3. The van der Waals surface area contributed by atoms with Crippen LogP contribution in [0.3, 0.4) is 0 Å². The van der Waals surface area contributed by atoms with Crippen molar-refractivity contribution in [3.63, 3.8) is 0 Å². The van der Waals surface area contributed by atoms with Gasteiger partial charge in [-0.25, -0.2) is 4.98 Å².